The van der Waals surface area contributed by atoms with E-state index in [1.807, 2.05) is 36.4 Å². The monoisotopic (exact) mass is 202 g/mol. The predicted octanol–water partition coefficient (Wildman–Crippen LogP) is 3.66. The van der Waals surface area contributed by atoms with Gasteiger partial charge in [0.2, 0.25) is 0 Å². The van der Waals surface area contributed by atoms with Gasteiger partial charge < -0.3 is 0 Å². The fraction of sp³-hybridized carbons (Fsp3) is 0. The first-order valence-electron chi connectivity index (χ1n) is 5.12. The maximum atomic E-state index is 9.05. The van der Waals surface area contributed by atoms with E-state index in [1.165, 1.54) is 0 Å². The number of nitriles is 1. The van der Waals surface area contributed by atoms with Gasteiger partial charge in [0.15, 0.2) is 0 Å². The predicted molar refractivity (Wildman–Crippen MR) is 65.0 cm³/mol. The van der Waals surface area contributed by atoms with Crippen LogP contribution in [0.15, 0.2) is 48.5 Å². The second-order valence-electron chi connectivity index (χ2n) is 3.75. The van der Waals surface area contributed by atoms with Gasteiger partial charge in [0, 0.05) is 5.39 Å². The molecule has 0 aliphatic heterocycles. The molecular weight excluding hydrogens is 194 g/mol. The number of fused-ring (bicyclic) bond motifs is 2. The van der Waals surface area contributed by atoms with Crippen LogP contribution in [-0.2, 0) is 0 Å². The molecule has 1 heteroatoms. The highest BCUT2D eigenvalue weighted by atomic mass is 14.2. The van der Waals surface area contributed by atoms with Crippen molar-refractivity contribution in [3.63, 3.8) is 0 Å². The minimum Gasteiger partial charge on any atom is -0.192 e. The van der Waals surface area contributed by atoms with Crippen molar-refractivity contribution in [3.05, 3.63) is 60.2 Å². The highest BCUT2D eigenvalue weighted by Crippen LogP contribution is 2.24. The Morgan fingerprint density at radius 2 is 1.88 bits per heavy atom. The van der Waals surface area contributed by atoms with Gasteiger partial charge in [-0.05, 0) is 40.4 Å². The molecule has 0 N–H and O–H groups in total. The molecule has 0 unspecified atom stereocenters. The van der Waals surface area contributed by atoms with Crippen LogP contribution >= 0.6 is 0 Å². The van der Waals surface area contributed by atoms with Crippen molar-refractivity contribution in [3.8, 4) is 6.07 Å². The first-order chi connectivity index (χ1) is 7.88. The van der Waals surface area contributed by atoms with Crippen molar-refractivity contribution in [1.29, 1.82) is 5.26 Å². The van der Waals surface area contributed by atoms with E-state index in [2.05, 4.69) is 24.3 Å². The topological polar surface area (TPSA) is 23.8 Å². The van der Waals surface area contributed by atoms with Gasteiger partial charge in [0.05, 0.1) is 11.6 Å². The molecule has 0 aliphatic carbocycles. The molecule has 0 spiro atoms. The van der Waals surface area contributed by atoms with Gasteiger partial charge >= 0.3 is 0 Å². The van der Waals surface area contributed by atoms with Crippen LogP contribution in [-0.4, -0.2) is 0 Å². The van der Waals surface area contributed by atoms with Gasteiger partial charge in [-0.1, -0.05) is 30.3 Å². The Kier molecular flexibility index (Phi) is 1.88. The largest absolute Gasteiger partial charge is 0.192 e. The third-order valence-electron chi connectivity index (χ3n) is 2.78. The Balaban J connectivity index is 2.52. The first-order valence-corrected chi connectivity index (χ1v) is 5.12. The molecule has 0 saturated carbocycles. The highest BCUT2D eigenvalue weighted by molar-refractivity contribution is 6.00. The second kappa shape index (κ2) is 3.36. The fourth-order valence-electron chi connectivity index (χ4n) is 1.99. The zero-order valence-corrected chi connectivity index (χ0v) is 8.57. The molecule has 0 aliphatic rings. The Morgan fingerprint density at radius 3 is 2.75 bits per heavy atom. The van der Waals surface area contributed by atoms with Crippen LogP contribution in [0.2, 0.25) is 0 Å². The molecule has 0 bridgehead atoms. The van der Waals surface area contributed by atoms with Crippen molar-refractivity contribution in [2.24, 2.45) is 0 Å². The summed E-state index contributed by atoms with van der Waals surface area (Å²) in [6.07, 6.45) is 0. The summed E-state index contributed by atoms with van der Waals surface area (Å²) in [5, 5.41) is 13.4. The maximum Gasteiger partial charge on any atom is 0.0998 e. The maximum absolute atomic E-state index is 9.05. The molecule has 0 saturated heterocycles. The van der Waals surface area contributed by atoms with Crippen LogP contribution in [0.25, 0.3) is 21.5 Å². The molecular formula is C15H8N. The van der Waals surface area contributed by atoms with Gasteiger partial charge in [0.1, 0.15) is 0 Å². The molecule has 3 rings (SSSR count). The van der Waals surface area contributed by atoms with Gasteiger partial charge in [-0.25, -0.2) is 0 Å². The van der Waals surface area contributed by atoms with E-state index in [-0.39, 0.29) is 0 Å². The molecule has 0 aromatic heterocycles. The lowest BCUT2D eigenvalue weighted by Gasteiger charge is -2.02. The lowest BCUT2D eigenvalue weighted by atomic mass is 10.0. The second-order valence-corrected chi connectivity index (χ2v) is 3.75. The highest BCUT2D eigenvalue weighted by Gasteiger charge is 2.01. The summed E-state index contributed by atoms with van der Waals surface area (Å²) < 4.78 is 0. The zero-order valence-electron chi connectivity index (χ0n) is 8.57. The van der Waals surface area contributed by atoms with Crippen molar-refractivity contribution >= 4 is 21.5 Å². The molecule has 1 nitrogen and oxygen atoms in total. The molecule has 1 radical (unpaired) electrons. The van der Waals surface area contributed by atoms with Crippen molar-refractivity contribution in [2.45, 2.75) is 0 Å². The average molecular weight is 202 g/mol. The fourth-order valence-corrected chi connectivity index (χ4v) is 1.99. The molecule has 3 aromatic rings. The molecule has 0 amide bonds. The van der Waals surface area contributed by atoms with Crippen molar-refractivity contribution in [1.82, 2.24) is 0 Å². The molecule has 16 heavy (non-hydrogen) atoms. The first kappa shape index (κ1) is 8.94. The number of hydrogen-bond donors (Lipinski definition) is 0. The van der Waals surface area contributed by atoms with Gasteiger partial charge in [-0.3, -0.25) is 0 Å². The standard InChI is InChI=1S/C15H8N/c16-10-14-7-3-6-13-8-11-4-1-2-5-12(11)9-15(13)14/h1-4,6-9H. The smallest absolute Gasteiger partial charge is 0.0998 e. The van der Waals surface area contributed by atoms with Crippen LogP contribution in [0.3, 0.4) is 0 Å². The van der Waals surface area contributed by atoms with E-state index in [4.69, 9.17) is 5.26 Å². The summed E-state index contributed by atoms with van der Waals surface area (Å²) in [5.41, 5.74) is 0.719. The van der Waals surface area contributed by atoms with Crippen molar-refractivity contribution < 1.29 is 0 Å². The summed E-state index contributed by atoms with van der Waals surface area (Å²) in [6, 6.07) is 21.3. The lowest BCUT2D eigenvalue weighted by Crippen LogP contribution is -1.80. The average Bonchev–Trinajstić information content (AvgIpc) is 2.35. The Hall–Kier alpha value is -2.33. The van der Waals surface area contributed by atoms with Crippen LogP contribution in [0.5, 0.6) is 0 Å². The minimum atomic E-state index is 0.719. The SMILES string of the molecule is N#Cc1cccc2cc3ccc[c]c3cc12. The van der Waals surface area contributed by atoms with Gasteiger partial charge in [-0.15, -0.1) is 0 Å². The van der Waals surface area contributed by atoms with Crippen LogP contribution in [0, 0.1) is 17.4 Å². The van der Waals surface area contributed by atoms with E-state index in [1.54, 1.807) is 0 Å². The normalized spacial score (nSPS) is 10.4. The molecule has 3 aromatic carbocycles. The van der Waals surface area contributed by atoms with E-state index >= 15 is 0 Å². The summed E-state index contributed by atoms with van der Waals surface area (Å²) in [7, 11) is 0. The van der Waals surface area contributed by atoms with Gasteiger partial charge in [0.25, 0.3) is 0 Å². The number of nitrogens with zero attached hydrogens (tertiary/aromatic N) is 1. The van der Waals surface area contributed by atoms with Gasteiger partial charge in [-0.2, -0.15) is 5.26 Å². The minimum absolute atomic E-state index is 0.719. The molecule has 0 heterocycles. The molecule has 73 valence electrons. The molecule has 0 atom stereocenters. The van der Waals surface area contributed by atoms with E-state index in [0.717, 1.165) is 27.1 Å². The summed E-state index contributed by atoms with van der Waals surface area (Å²) in [4.78, 5) is 0. The van der Waals surface area contributed by atoms with Crippen LogP contribution < -0.4 is 0 Å². The van der Waals surface area contributed by atoms with Crippen LogP contribution in [0.4, 0.5) is 0 Å². The van der Waals surface area contributed by atoms with E-state index in [9.17, 15) is 0 Å². The quantitative estimate of drug-likeness (QED) is 0.510. The van der Waals surface area contributed by atoms with Crippen molar-refractivity contribution in [2.75, 3.05) is 0 Å². The number of benzene rings is 3. The molecule has 0 fully saturated rings. The summed E-state index contributed by atoms with van der Waals surface area (Å²) in [6.45, 7) is 0. The number of rotatable bonds is 0. The third kappa shape index (κ3) is 1.24. The zero-order chi connectivity index (χ0) is 11.0. The Bertz CT molecular complexity index is 720. The summed E-state index contributed by atoms with van der Waals surface area (Å²) >= 11 is 0. The third-order valence-corrected chi connectivity index (χ3v) is 2.78. The van der Waals surface area contributed by atoms with E-state index < -0.39 is 0 Å². The Labute approximate surface area is 93.6 Å². The lowest BCUT2D eigenvalue weighted by molar-refractivity contribution is 1.50. The Morgan fingerprint density at radius 1 is 1.00 bits per heavy atom. The van der Waals surface area contributed by atoms with Crippen LogP contribution in [0.1, 0.15) is 5.56 Å². The summed E-state index contributed by atoms with van der Waals surface area (Å²) in [5.74, 6) is 0. The van der Waals surface area contributed by atoms with E-state index in [0.29, 0.717) is 0 Å². The number of hydrogen-bond acceptors (Lipinski definition) is 1.